The summed E-state index contributed by atoms with van der Waals surface area (Å²) in [4.78, 5) is 26.5. The minimum Gasteiger partial charge on any atom is -0.321 e. The first-order valence-electron chi connectivity index (χ1n) is 8.50. The number of likely N-dealkylation sites (N-methyl/N-ethyl adjacent to an activating group) is 1. The van der Waals surface area contributed by atoms with Crippen molar-refractivity contribution in [3.8, 4) is 6.07 Å². The Morgan fingerprint density at radius 1 is 1.15 bits per heavy atom. The highest BCUT2D eigenvalue weighted by Gasteiger charge is 2.24. The van der Waals surface area contributed by atoms with Crippen molar-refractivity contribution in [2.45, 2.75) is 17.9 Å². The van der Waals surface area contributed by atoms with Gasteiger partial charge in [0.15, 0.2) is 12.6 Å². The Labute approximate surface area is 163 Å². The number of rotatable bonds is 7. The Balaban J connectivity index is 1.91. The molecular formula is C20H23N4O2S+. The first kappa shape index (κ1) is 20.5. The zero-order valence-electron chi connectivity index (χ0n) is 15.6. The van der Waals surface area contributed by atoms with E-state index in [4.69, 9.17) is 5.26 Å². The Morgan fingerprint density at radius 3 is 2.44 bits per heavy atom. The molecule has 3 N–H and O–H groups in total. The number of amides is 2. The van der Waals surface area contributed by atoms with Crippen LogP contribution in [0.5, 0.6) is 0 Å². The molecule has 0 aliphatic rings. The summed E-state index contributed by atoms with van der Waals surface area (Å²) in [7, 11) is 1.81. The number of hydrogen-bond donors (Lipinski definition) is 3. The Kier molecular flexibility index (Phi) is 7.41. The number of nitrogens with one attached hydrogen (secondary N) is 3. The van der Waals surface area contributed by atoms with E-state index < -0.39 is 6.04 Å². The Hall–Kier alpha value is -2.82. The van der Waals surface area contributed by atoms with Crippen molar-refractivity contribution in [3.63, 3.8) is 0 Å². The zero-order chi connectivity index (χ0) is 19.8. The lowest BCUT2D eigenvalue weighted by atomic mass is 10.2. The number of thioether (sulfide) groups is 1. The van der Waals surface area contributed by atoms with Crippen LogP contribution in [0.25, 0.3) is 0 Å². The normalized spacial score (nSPS) is 12.5. The van der Waals surface area contributed by atoms with Gasteiger partial charge in [-0.15, -0.1) is 11.8 Å². The molecule has 0 bridgehead atoms. The van der Waals surface area contributed by atoms with Crippen LogP contribution in [0.15, 0.2) is 53.4 Å². The van der Waals surface area contributed by atoms with Crippen molar-refractivity contribution in [1.29, 1.82) is 5.26 Å². The molecule has 2 rings (SSSR count). The predicted octanol–water partition coefficient (Wildman–Crippen LogP) is 1.76. The van der Waals surface area contributed by atoms with Gasteiger partial charge in [-0.25, -0.2) is 0 Å². The second-order valence-corrected chi connectivity index (χ2v) is 7.02. The summed E-state index contributed by atoms with van der Waals surface area (Å²) in [5.41, 5.74) is 1.93. The molecule has 1 unspecified atom stereocenters. The van der Waals surface area contributed by atoms with Gasteiger partial charge in [-0.3, -0.25) is 9.59 Å². The van der Waals surface area contributed by atoms with Crippen LogP contribution in [0.2, 0.25) is 0 Å². The van der Waals surface area contributed by atoms with Gasteiger partial charge in [0.1, 0.15) is 0 Å². The van der Waals surface area contributed by atoms with Crippen LogP contribution in [-0.2, 0) is 9.59 Å². The van der Waals surface area contributed by atoms with E-state index in [1.54, 1.807) is 43.0 Å². The number of para-hydroxylation sites is 1. The monoisotopic (exact) mass is 383 g/mol. The molecule has 0 spiro atoms. The minimum absolute atomic E-state index is 0.146. The van der Waals surface area contributed by atoms with E-state index in [0.717, 1.165) is 15.5 Å². The fraction of sp³-hybridized carbons (Fsp3) is 0.250. The van der Waals surface area contributed by atoms with Gasteiger partial charge in [0, 0.05) is 10.6 Å². The quantitative estimate of drug-likeness (QED) is 0.636. The summed E-state index contributed by atoms with van der Waals surface area (Å²) in [5.74, 6) is -0.332. The first-order chi connectivity index (χ1) is 12.9. The number of anilines is 2. The van der Waals surface area contributed by atoms with Gasteiger partial charge < -0.3 is 15.5 Å². The van der Waals surface area contributed by atoms with Gasteiger partial charge in [0.25, 0.3) is 11.8 Å². The third-order valence-corrected chi connectivity index (χ3v) is 5.03. The summed E-state index contributed by atoms with van der Waals surface area (Å²) in [6.07, 6.45) is 1.96. The molecular weight excluding hydrogens is 360 g/mol. The van der Waals surface area contributed by atoms with Gasteiger partial charge in [0.2, 0.25) is 0 Å². The highest BCUT2D eigenvalue weighted by molar-refractivity contribution is 7.98. The van der Waals surface area contributed by atoms with Gasteiger partial charge >= 0.3 is 0 Å². The first-order valence-corrected chi connectivity index (χ1v) is 9.73. The molecule has 7 heteroatoms. The van der Waals surface area contributed by atoms with E-state index in [9.17, 15) is 9.59 Å². The van der Waals surface area contributed by atoms with Crippen LogP contribution in [0, 0.1) is 11.3 Å². The second-order valence-electron chi connectivity index (χ2n) is 6.17. The maximum Gasteiger partial charge on any atom is 0.282 e. The summed E-state index contributed by atoms with van der Waals surface area (Å²) in [6, 6.07) is 15.9. The number of carbonyl (C=O) groups is 2. The SMILES string of the molecule is CSc1ccccc1NC(=O)C[NH+](C)[C@@H](C)C(=O)Nc1ccc(C#N)cc1. The van der Waals surface area contributed by atoms with E-state index in [1.807, 2.05) is 43.6 Å². The van der Waals surface area contributed by atoms with Gasteiger partial charge in [-0.05, 0) is 49.6 Å². The van der Waals surface area contributed by atoms with Crippen LogP contribution >= 0.6 is 11.8 Å². The van der Waals surface area contributed by atoms with Crippen LogP contribution in [0.1, 0.15) is 12.5 Å². The van der Waals surface area contributed by atoms with E-state index in [1.165, 1.54) is 0 Å². The van der Waals surface area contributed by atoms with Crippen LogP contribution in [-0.4, -0.2) is 37.7 Å². The number of carbonyl (C=O) groups excluding carboxylic acids is 2. The molecule has 6 nitrogen and oxygen atoms in total. The van der Waals surface area contributed by atoms with Crippen LogP contribution < -0.4 is 15.5 Å². The molecule has 0 heterocycles. The fourth-order valence-electron chi connectivity index (χ4n) is 2.45. The molecule has 27 heavy (non-hydrogen) atoms. The lowest BCUT2D eigenvalue weighted by molar-refractivity contribution is -0.885. The third kappa shape index (κ3) is 5.84. The predicted molar refractivity (Wildman–Crippen MR) is 108 cm³/mol. The van der Waals surface area contributed by atoms with Crippen molar-refractivity contribution in [2.75, 3.05) is 30.5 Å². The molecule has 2 atom stereocenters. The van der Waals surface area contributed by atoms with Gasteiger partial charge in [0.05, 0.1) is 24.4 Å². The molecule has 0 saturated heterocycles. The maximum atomic E-state index is 12.4. The topological polar surface area (TPSA) is 86.4 Å². The van der Waals surface area contributed by atoms with Crippen molar-refractivity contribution in [3.05, 3.63) is 54.1 Å². The Morgan fingerprint density at radius 2 is 1.81 bits per heavy atom. The maximum absolute atomic E-state index is 12.4. The molecule has 2 aromatic carbocycles. The van der Waals surface area contributed by atoms with E-state index >= 15 is 0 Å². The molecule has 140 valence electrons. The van der Waals surface area contributed by atoms with E-state index in [0.29, 0.717) is 11.3 Å². The average molecular weight is 383 g/mol. The number of nitriles is 1. The second kappa shape index (κ2) is 9.76. The highest BCUT2D eigenvalue weighted by atomic mass is 32.2. The molecule has 0 aromatic heterocycles. The lowest BCUT2D eigenvalue weighted by Crippen LogP contribution is -3.14. The van der Waals surface area contributed by atoms with Gasteiger partial charge in [-0.2, -0.15) is 5.26 Å². The minimum atomic E-state index is -0.415. The van der Waals surface area contributed by atoms with Gasteiger partial charge in [-0.1, -0.05) is 12.1 Å². The molecule has 2 aromatic rings. The third-order valence-electron chi connectivity index (χ3n) is 4.23. The number of nitrogens with zero attached hydrogens (tertiary/aromatic N) is 1. The molecule has 2 amide bonds. The smallest absolute Gasteiger partial charge is 0.282 e. The molecule has 0 fully saturated rings. The van der Waals surface area contributed by atoms with E-state index in [2.05, 4.69) is 10.6 Å². The Bertz CT molecular complexity index is 846. The van der Waals surface area contributed by atoms with Crippen molar-refractivity contribution in [2.24, 2.45) is 0 Å². The van der Waals surface area contributed by atoms with Crippen molar-refractivity contribution >= 4 is 35.0 Å². The molecule has 0 saturated carbocycles. The number of benzene rings is 2. The zero-order valence-corrected chi connectivity index (χ0v) is 16.4. The van der Waals surface area contributed by atoms with Crippen LogP contribution in [0.4, 0.5) is 11.4 Å². The molecule has 0 aliphatic carbocycles. The van der Waals surface area contributed by atoms with Crippen LogP contribution in [0.3, 0.4) is 0 Å². The summed E-state index contributed by atoms with van der Waals surface area (Å²) in [6.45, 7) is 1.95. The van der Waals surface area contributed by atoms with Crippen molar-refractivity contribution in [1.82, 2.24) is 0 Å². The molecule has 0 aliphatic heterocycles. The number of quaternary nitrogens is 1. The summed E-state index contributed by atoms with van der Waals surface area (Å²) < 4.78 is 0. The summed E-state index contributed by atoms with van der Waals surface area (Å²) >= 11 is 1.57. The lowest BCUT2D eigenvalue weighted by Gasteiger charge is -2.21. The number of hydrogen-bond acceptors (Lipinski definition) is 4. The summed E-state index contributed by atoms with van der Waals surface area (Å²) in [5, 5.41) is 14.5. The standard InChI is InChI=1S/C20H22N4O2S/c1-14(20(26)22-16-10-8-15(12-21)9-11-16)24(2)13-19(25)23-17-6-4-5-7-18(17)27-3/h4-11,14H,13H2,1-3H3,(H,22,26)(H,23,25)/p+1/t14-/m0/s1. The molecule has 0 radical (unpaired) electrons. The van der Waals surface area contributed by atoms with Crippen molar-refractivity contribution < 1.29 is 14.5 Å². The fourth-order valence-corrected chi connectivity index (χ4v) is 3.00. The average Bonchev–Trinajstić information content (AvgIpc) is 2.68. The highest BCUT2D eigenvalue weighted by Crippen LogP contribution is 2.24. The van der Waals surface area contributed by atoms with E-state index in [-0.39, 0.29) is 18.4 Å². The largest absolute Gasteiger partial charge is 0.321 e.